The molecular weight excluding hydrogens is 231 g/mol. The van der Waals surface area contributed by atoms with Gasteiger partial charge in [-0.2, -0.15) is 0 Å². The Bertz CT molecular complexity index is 405. The van der Waals surface area contributed by atoms with Crippen molar-refractivity contribution < 1.29 is 9.13 Å². The molecule has 1 aliphatic heterocycles. The van der Waals surface area contributed by atoms with Crippen LogP contribution in [0.5, 0.6) is 0 Å². The van der Waals surface area contributed by atoms with Crippen molar-refractivity contribution in [2.75, 3.05) is 26.3 Å². The van der Waals surface area contributed by atoms with Crippen LogP contribution in [-0.4, -0.2) is 37.0 Å². The zero-order chi connectivity index (χ0) is 11.5. The fraction of sp³-hybridized carbons (Fsp3) is 0.364. The molecule has 0 unspecified atom stereocenters. The maximum absolute atomic E-state index is 12.9. The van der Waals surface area contributed by atoms with Crippen molar-refractivity contribution in [1.29, 1.82) is 5.41 Å². The van der Waals surface area contributed by atoms with Gasteiger partial charge in [0.1, 0.15) is 11.7 Å². The van der Waals surface area contributed by atoms with Gasteiger partial charge in [-0.1, -0.05) is 11.6 Å². The summed E-state index contributed by atoms with van der Waals surface area (Å²) in [4.78, 5) is 1.88. The molecule has 0 bridgehead atoms. The Morgan fingerprint density at radius 3 is 2.69 bits per heavy atom. The number of ether oxygens (including phenoxy) is 1. The highest BCUT2D eigenvalue weighted by molar-refractivity contribution is 6.34. The molecule has 0 amide bonds. The summed E-state index contributed by atoms with van der Waals surface area (Å²) in [7, 11) is 0. The van der Waals surface area contributed by atoms with E-state index in [1.165, 1.54) is 18.2 Å². The number of nitrogens with zero attached hydrogens (tertiary/aromatic N) is 1. The lowest BCUT2D eigenvalue weighted by Gasteiger charge is -2.29. The maximum Gasteiger partial charge on any atom is 0.129 e. The molecule has 16 heavy (non-hydrogen) atoms. The summed E-state index contributed by atoms with van der Waals surface area (Å²) >= 11 is 5.90. The van der Waals surface area contributed by atoms with E-state index in [4.69, 9.17) is 21.7 Å². The van der Waals surface area contributed by atoms with E-state index < -0.39 is 0 Å². The molecule has 0 atom stereocenters. The summed E-state index contributed by atoms with van der Waals surface area (Å²) in [6.07, 6.45) is 0. The summed E-state index contributed by atoms with van der Waals surface area (Å²) in [5.74, 6) is -0.0585. The zero-order valence-corrected chi connectivity index (χ0v) is 9.43. The third kappa shape index (κ3) is 2.33. The van der Waals surface area contributed by atoms with Crippen LogP contribution in [0, 0.1) is 11.2 Å². The average molecular weight is 243 g/mol. The first-order valence-electron chi connectivity index (χ1n) is 5.05. The molecule has 0 aromatic heterocycles. The molecule has 0 radical (unpaired) electrons. The van der Waals surface area contributed by atoms with Crippen LogP contribution in [0.4, 0.5) is 4.39 Å². The van der Waals surface area contributed by atoms with Crippen molar-refractivity contribution in [2.45, 2.75) is 0 Å². The number of benzene rings is 1. The van der Waals surface area contributed by atoms with E-state index in [1.807, 2.05) is 4.90 Å². The Balaban J connectivity index is 2.19. The summed E-state index contributed by atoms with van der Waals surface area (Å²) in [6.45, 7) is 2.57. The standard InChI is InChI=1S/C11H12ClFN2O/c12-10-7-8(13)1-2-9(10)11(14)15-3-5-16-6-4-15/h1-2,7,14H,3-6H2. The molecule has 5 heteroatoms. The minimum Gasteiger partial charge on any atom is -0.378 e. The topological polar surface area (TPSA) is 36.3 Å². The lowest BCUT2D eigenvalue weighted by Crippen LogP contribution is -2.40. The van der Waals surface area contributed by atoms with E-state index in [2.05, 4.69) is 0 Å². The summed E-state index contributed by atoms with van der Waals surface area (Å²) in [5, 5.41) is 8.27. The average Bonchev–Trinajstić information content (AvgIpc) is 2.29. The highest BCUT2D eigenvalue weighted by atomic mass is 35.5. The molecule has 1 N–H and O–H groups in total. The molecule has 2 rings (SSSR count). The molecular formula is C11H12ClFN2O. The Labute approximate surface area is 98.3 Å². The van der Waals surface area contributed by atoms with Gasteiger partial charge in [-0.15, -0.1) is 0 Å². The van der Waals surface area contributed by atoms with Gasteiger partial charge >= 0.3 is 0 Å². The third-order valence-corrected chi connectivity index (χ3v) is 2.83. The van der Waals surface area contributed by atoms with Gasteiger partial charge < -0.3 is 9.64 Å². The van der Waals surface area contributed by atoms with Crippen LogP contribution in [0.3, 0.4) is 0 Å². The highest BCUT2D eigenvalue weighted by Crippen LogP contribution is 2.19. The lowest BCUT2D eigenvalue weighted by atomic mass is 10.2. The van der Waals surface area contributed by atoms with Gasteiger partial charge in [0.25, 0.3) is 0 Å². The van der Waals surface area contributed by atoms with Gasteiger partial charge in [-0.3, -0.25) is 5.41 Å². The van der Waals surface area contributed by atoms with E-state index in [0.717, 1.165) is 0 Å². The first-order valence-corrected chi connectivity index (χ1v) is 5.43. The molecule has 3 nitrogen and oxygen atoms in total. The SMILES string of the molecule is N=C(c1ccc(F)cc1Cl)N1CCOCC1. The predicted octanol–water partition coefficient (Wildman–Crippen LogP) is 2.14. The molecule has 86 valence electrons. The summed E-state index contributed by atoms with van der Waals surface area (Å²) in [6, 6.07) is 4.08. The smallest absolute Gasteiger partial charge is 0.129 e. The van der Waals surface area contributed by atoms with Gasteiger partial charge in [0.15, 0.2) is 0 Å². The minimum atomic E-state index is -0.386. The lowest BCUT2D eigenvalue weighted by molar-refractivity contribution is 0.0680. The molecule has 1 aromatic rings. The number of halogens is 2. The molecule has 0 spiro atoms. The van der Waals surface area contributed by atoms with Crippen LogP contribution in [0.25, 0.3) is 0 Å². The molecule has 1 fully saturated rings. The molecule has 1 saturated heterocycles. The number of amidine groups is 1. The number of rotatable bonds is 1. The second-order valence-electron chi connectivity index (χ2n) is 3.57. The first kappa shape index (κ1) is 11.4. The van der Waals surface area contributed by atoms with Crippen molar-refractivity contribution in [3.05, 3.63) is 34.6 Å². The van der Waals surface area contributed by atoms with E-state index in [1.54, 1.807) is 0 Å². The molecule has 1 aromatic carbocycles. The van der Waals surface area contributed by atoms with Gasteiger partial charge in [-0.05, 0) is 18.2 Å². The Morgan fingerprint density at radius 1 is 1.38 bits per heavy atom. The van der Waals surface area contributed by atoms with E-state index >= 15 is 0 Å². The molecule has 0 saturated carbocycles. The fourth-order valence-electron chi connectivity index (χ4n) is 1.64. The van der Waals surface area contributed by atoms with Gasteiger partial charge in [0, 0.05) is 18.7 Å². The van der Waals surface area contributed by atoms with Gasteiger partial charge in [-0.25, -0.2) is 4.39 Å². The van der Waals surface area contributed by atoms with Crippen LogP contribution < -0.4 is 0 Å². The second-order valence-corrected chi connectivity index (χ2v) is 3.98. The Hall–Kier alpha value is -1.13. The summed E-state index contributed by atoms with van der Waals surface area (Å²) < 4.78 is 18.1. The molecule has 0 aliphatic carbocycles. The van der Waals surface area contributed by atoms with Gasteiger partial charge in [0.05, 0.1) is 18.2 Å². The maximum atomic E-state index is 12.9. The number of nitrogens with one attached hydrogen (secondary N) is 1. The van der Waals surface area contributed by atoms with E-state index in [0.29, 0.717) is 37.7 Å². The number of morpholine rings is 1. The van der Waals surface area contributed by atoms with Crippen molar-refractivity contribution in [1.82, 2.24) is 4.90 Å². The third-order valence-electron chi connectivity index (χ3n) is 2.51. The van der Waals surface area contributed by atoms with E-state index in [-0.39, 0.29) is 10.8 Å². The normalized spacial score (nSPS) is 16.2. The van der Waals surface area contributed by atoms with Crippen molar-refractivity contribution in [2.24, 2.45) is 0 Å². The van der Waals surface area contributed by atoms with Crippen LogP contribution in [0.2, 0.25) is 5.02 Å². The molecule has 1 heterocycles. The van der Waals surface area contributed by atoms with Crippen molar-refractivity contribution in [3.8, 4) is 0 Å². The highest BCUT2D eigenvalue weighted by Gasteiger charge is 2.17. The number of hydrogen-bond donors (Lipinski definition) is 1. The Morgan fingerprint density at radius 2 is 2.06 bits per heavy atom. The first-order chi connectivity index (χ1) is 7.68. The quantitative estimate of drug-likeness (QED) is 0.605. The number of hydrogen-bond acceptors (Lipinski definition) is 2. The van der Waals surface area contributed by atoms with Crippen molar-refractivity contribution in [3.63, 3.8) is 0 Å². The van der Waals surface area contributed by atoms with Crippen LogP contribution in [0.15, 0.2) is 18.2 Å². The predicted molar refractivity (Wildman–Crippen MR) is 60.6 cm³/mol. The fourth-order valence-corrected chi connectivity index (χ4v) is 1.90. The van der Waals surface area contributed by atoms with E-state index in [9.17, 15) is 4.39 Å². The van der Waals surface area contributed by atoms with Crippen LogP contribution in [-0.2, 0) is 4.74 Å². The van der Waals surface area contributed by atoms with Gasteiger partial charge in [0.2, 0.25) is 0 Å². The minimum absolute atomic E-state index is 0.275. The largest absolute Gasteiger partial charge is 0.378 e. The van der Waals surface area contributed by atoms with Crippen LogP contribution in [0.1, 0.15) is 5.56 Å². The molecule has 1 aliphatic rings. The van der Waals surface area contributed by atoms with Crippen molar-refractivity contribution >= 4 is 17.4 Å². The van der Waals surface area contributed by atoms with Crippen LogP contribution >= 0.6 is 11.6 Å². The monoisotopic (exact) mass is 242 g/mol. The second kappa shape index (κ2) is 4.80. The zero-order valence-electron chi connectivity index (χ0n) is 8.67. The summed E-state index contributed by atoms with van der Waals surface area (Å²) in [5.41, 5.74) is 0.560. The Kier molecular flexibility index (Phi) is 3.41.